The minimum Gasteiger partial charge on any atom is -0.493 e. The van der Waals surface area contributed by atoms with Gasteiger partial charge in [0.1, 0.15) is 11.8 Å². The number of ether oxygens (including phenoxy) is 3. The first-order chi connectivity index (χ1) is 14.4. The molecule has 1 heterocycles. The zero-order chi connectivity index (χ0) is 21.7. The number of nitrogens with one attached hydrogen (secondary N) is 1. The first kappa shape index (κ1) is 24.3. The van der Waals surface area contributed by atoms with Crippen LogP contribution in [0, 0.1) is 0 Å². The molecule has 2 aromatic rings. The number of benzene rings is 2. The molecule has 1 aliphatic rings. The molecule has 3 rings (SSSR count). The van der Waals surface area contributed by atoms with Crippen LogP contribution in [0.15, 0.2) is 47.4 Å². The first-order valence-corrected chi connectivity index (χ1v) is 9.74. The third-order valence-electron chi connectivity index (χ3n) is 4.24. The number of esters is 1. The Morgan fingerprint density at radius 3 is 2.42 bits per heavy atom. The molecule has 1 saturated heterocycles. The second kappa shape index (κ2) is 10.9. The third-order valence-corrected chi connectivity index (χ3v) is 5.05. The summed E-state index contributed by atoms with van der Waals surface area (Å²) < 4.78 is 15.9. The molecule has 2 amide bonds. The van der Waals surface area contributed by atoms with Crippen molar-refractivity contribution in [2.45, 2.75) is 12.5 Å². The molecule has 0 unspecified atom stereocenters. The van der Waals surface area contributed by atoms with Crippen LogP contribution >= 0.6 is 24.2 Å². The van der Waals surface area contributed by atoms with Crippen molar-refractivity contribution < 1.29 is 28.6 Å². The number of amides is 2. The van der Waals surface area contributed by atoms with Gasteiger partial charge in [0.25, 0.3) is 11.1 Å². The monoisotopic (exact) mass is 464 g/mol. The standard InChI is InChI=1S/C21H20N2O6S.ClH/c1-27-17-10-13(11-18-19(24)23-21(26)30-18)5-8-16(17)29-14-6-3-12(4-7-14)9-15(22)20(25)28-2;/h3-8,10-11,15H,9,22H2,1-2H3,(H,23,24,26);1H/b18-11+;/t15-;/m0./s1. The molecule has 0 spiro atoms. The van der Waals surface area contributed by atoms with E-state index in [2.05, 4.69) is 10.1 Å². The summed E-state index contributed by atoms with van der Waals surface area (Å²) in [6.45, 7) is 0. The van der Waals surface area contributed by atoms with Crippen molar-refractivity contribution in [2.75, 3.05) is 14.2 Å². The second-order valence-corrected chi connectivity index (χ2v) is 7.36. The van der Waals surface area contributed by atoms with Crippen LogP contribution in [-0.2, 0) is 20.7 Å². The average Bonchev–Trinajstić information content (AvgIpc) is 3.06. The Labute approximate surface area is 189 Å². The molecule has 8 nitrogen and oxygen atoms in total. The van der Waals surface area contributed by atoms with Crippen LogP contribution in [0.1, 0.15) is 11.1 Å². The highest BCUT2D eigenvalue weighted by molar-refractivity contribution is 8.18. The van der Waals surface area contributed by atoms with Crippen molar-refractivity contribution in [2.24, 2.45) is 5.73 Å². The van der Waals surface area contributed by atoms with Crippen molar-refractivity contribution in [1.29, 1.82) is 0 Å². The maximum absolute atomic E-state index is 11.7. The van der Waals surface area contributed by atoms with Crippen LogP contribution in [0.25, 0.3) is 6.08 Å². The number of carbonyl (C=O) groups excluding carboxylic acids is 3. The lowest BCUT2D eigenvalue weighted by molar-refractivity contribution is -0.142. The molecule has 1 aliphatic heterocycles. The minimum absolute atomic E-state index is 0. The van der Waals surface area contributed by atoms with Gasteiger partial charge in [0.2, 0.25) is 0 Å². The van der Waals surface area contributed by atoms with Crippen molar-refractivity contribution in [1.82, 2.24) is 5.32 Å². The fourth-order valence-electron chi connectivity index (χ4n) is 2.74. The van der Waals surface area contributed by atoms with Gasteiger partial charge < -0.3 is 19.9 Å². The summed E-state index contributed by atoms with van der Waals surface area (Å²) in [7, 11) is 2.81. The van der Waals surface area contributed by atoms with Gasteiger partial charge in [-0.2, -0.15) is 0 Å². The number of methoxy groups -OCH3 is 2. The maximum Gasteiger partial charge on any atom is 0.322 e. The summed E-state index contributed by atoms with van der Waals surface area (Å²) in [5.74, 6) is 0.643. The van der Waals surface area contributed by atoms with E-state index in [0.717, 1.165) is 17.3 Å². The van der Waals surface area contributed by atoms with Crippen LogP contribution in [0.5, 0.6) is 17.2 Å². The van der Waals surface area contributed by atoms with Crippen molar-refractivity contribution in [3.63, 3.8) is 0 Å². The van der Waals surface area contributed by atoms with Gasteiger partial charge in [-0.1, -0.05) is 18.2 Å². The van der Waals surface area contributed by atoms with Crippen molar-refractivity contribution in [3.05, 3.63) is 58.5 Å². The van der Waals surface area contributed by atoms with Crippen LogP contribution in [0.3, 0.4) is 0 Å². The summed E-state index contributed by atoms with van der Waals surface area (Å²) in [5.41, 5.74) is 7.34. The van der Waals surface area contributed by atoms with Crippen molar-refractivity contribution in [3.8, 4) is 17.2 Å². The number of hydrogen-bond donors (Lipinski definition) is 2. The lowest BCUT2D eigenvalue weighted by Gasteiger charge is -2.12. The average molecular weight is 465 g/mol. The minimum atomic E-state index is -0.723. The lowest BCUT2D eigenvalue weighted by Crippen LogP contribution is -2.33. The third kappa shape index (κ3) is 6.24. The van der Waals surface area contributed by atoms with E-state index in [1.807, 2.05) is 12.1 Å². The SMILES string of the molecule is COC(=O)[C@@H](N)Cc1ccc(Oc2ccc(/C=C3/SC(=O)NC3=O)cc2OC)cc1.Cl. The molecule has 0 aromatic heterocycles. The van der Waals surface area contributed by atoms with E-state index < -0.39 is 23.2 Å². The molecule has 0 aliphatic carbocycles. The van der Waals surface area contributed by atoms with E-state index in [-0.39, 0.29) is 12.4 Å². The zero-order valence-electron chi connectivity index (χ0n) is 16.7. The summed E-state index contributed by atoms with van der Waals surface area (Å²) in [5, 5.41) is 1.82. The molecule has 1 atom stereocenters. The topological polar surface area (TPSA) is 117 Å². The van der Waals surface area contributed by atoms with Crippen LogP contribution in [0.4, 0.5) is 4.79 Å². The van der Waals surface area contributed by atoms with Crippen LogP contribution in [0.2, 0.25) is 0 Å². The largest absolute Gasteiger partial charge is 0.493 e. The van der Waals surface area contributed by atoms with E-state index in [0.29, 0.717) is 34.1 Å². The van der Waals surface area contributed by atoms with E-state index in [1.165, 1.54) is 14.2 Å². The quantitative estimate of drug-likeness (QED) is 0.473. The van der Waals surface area contributed by atoms with Gasteiger partial charge in [-0.15, -0.1) is 12.4 Å². The highest BCUT2D eigenvalue weighted by Gasteiger charge is 2.25. The van der Waals surface area contributed by atoms with E-state index in [4.69, 9.17) is 15.2 Å². The Balaban J connectivity index is 0.00000341. The molecule has 2 aromatic carbocycles. The van der Waals surface area contributed by atoms with Gasteiger partial charge >= 0.3 is 5.97 Å². The van der Waals surface area contributed by atoms with Crippen molar-refractivity contribution >= 4 is 47.4 Å². The van der Waals surface area contributed by atoms with E-state index in [9.17, 15) is 14.4 Å². The predicted octanol–water partition coefficient (Wildman–Crippen LogP) is 3.28. The number of rotatable bonds is 7. The van der Waals surface area contributed by atoms with Gasteiger partial charge in [0.15, 0.2) is 11.5 Å². The number of nitrogens with two attached hydrogens (primary N) is 1. The molecule has 10 heteroatoms. The van der Waals surface area contributed by atoms with Gasteiger partial charge in [0, 0.05) is 0 Å². The van der Waals surface area contributed by atoms with E-state index in [1.54, 1.807) is 36.4 Å². The summed E-state index contributed by atoms with van der Waals surface area (Å²) >= 11 is 0.849. The number of carbonyl (C=O) groups is 3. The Morgan fingerprint density at radius 2 is 1.84 bits per heavy atom. The number of halogens is 1. The molecular formula is C21H21ClN2O6S. The molecular weight excluding hydrogens is 444 g/mol. The summed E-state index contributed by atoms with van der Waals surface area (Å²) in [4.78, 5) is 34.7. The molecule has 1 fully saturated rings. The molecule has 0 saturated carbocycles. The lowest BCUT2D eigenvalue weighted by atomic mass is 10.1. The maximum atomic E-state index is 11.7. The highest BCUT2D eigenvalue weighted by atomic mass is 35.5. The Morgan fingerprint density at radius 1 is 1.13 bits per heavy atom. The van der Waals surface area contributed by atoms with Gasteiger partial charge in [-0.3, -0.25) is 19.7 Å². The smallest absolute Gasteiger partial charge is 0.322 e. The molecule has 3 N–H and O–H groups in total. The molecule has 164 valence electrons. The van der Waals surface area contributed by atoms with Gasteiger partial charge in [-0.05, 0) is 59.7 Å². The number of thioether (sulfide) groups is 1. The fraction of sp³-hybridized carbons (Fsp3) is 0.190. The van der Waals surface area contributed by atoms with Gasteiger partial charge in [-0.25, -0.2) is 0 Å². The number of hydrogen-bond acceptors (Lipinski definition) is 8. The Bertz CT molecular complexity index is 1010. The van der Waals surface area contributed by atoms with Crippen LogP contribution in [-0.4, -0.2) is 37.4 Å². The predicted molar refractivity (Wildman–Crippen MR) is 120 cm³/mol. The number of imide groups is 1. The van der Waals surface area contributed by atoms with Gasteiger partial charge in [0.05, 0.1) is 19.1 Å². The zero-order valence-corrected chi connectivity index (χ0v) is 18.4. The van der Waals surface area contributed by atoms with Crippen LogP contribution < -0.4 is 20.5 Å². The molecule has 0 radical (unpaired) electrons. The molecule has 0 bridgehead atoms. The second-order valence-electron chi connectivity index (χ2n) is 6.34. The normalized spacial score (nSPS) is 15.1. The molecule has 31 heavy (non-hydrogen) atoms. The fourth-order valence-corrected chi connectivity index (χ4v) is 3.42. The Hall–Kier alpha value is -3.01. The first-order valence-electron chi connectivity index (χ1n) is 8.92. The highest BCUT2D eigenvalue weighted by Crippen LogP contribution is 2.34. The summed E-state index contributed by atoms with van der Waals surface area (Å²) in [6, 6.07) is 11.6. The van der Waals surface area contributed by atoms with E-state index >= 15 is 0 Å². The Kier molecular flexibility index (Phi) is 8.49. The summed E-state index contributed by atoms with van der Waals surface area (Å²) in [6.07, 6.45) is 1.96.